The number of hydrogen-bond donors (Lipinski definition) is 1. The van der Waals surface area contributed by atoms with Crippen LogP contribution in [0.2, 0.25) is 0 Å². The average Bonchev–Trinajstić information content (AvgIpc) is 2.85. The van der Waals surface area contributed by atoms with Gasteiger partial charge in [-0.1, -0.05) is 12.1 Å². The summed E-state index contributed by atoms with van der Waals surface area (Å²) in [6, 6.07) is 8.26. The minimum absolute atomic E-state index is 0.0905. The van der Waals surface area contributed by atoms with Crippen LogP contribution in [0.4, 0.5) is 18.9 Å². The molecule has 0 atom stereocenters. The Morgan fingerprint density at radius 1 is 1.12 bits per heavy atom. The molecule has 5 nitrogen and oxygen atoms in total. The van der Waals surface area contributed by atoms with E-state index in [9.17, 15) is 21.6 Å². The molecule has 126 valence electrons. The molecule has 24 heavy (non-hydrogen) atoms. The standard InChI is InChI=1S/C15H11F3N2O3S/c1-9-19-12-8-10(6-7-13(12)23-9)20-24(21,22)14-5-3-2-4-11(14)15(16,17)18/h2-8,20H,1H3. The lowest BCUT2D eigenvalue weighted by atomic mass is 10.2. The van der Waals surface area contributed by atoms with Crippen molar-refractivity contribution in [1.82, 2.24) is 4.98 Å². The summed E-state index contributed by atoms with van der Waals surface area (Å²) in [6.45, 7) is 1.63. The van der Waals surface area contributed by atoms with Crippen molar-refractivity contribution in [3.8, 4) is 0 Å². The predicted octanol–water partition coefficient (Wildman–Crippen LogP) is 3.96. The first-order valence-electron chi connectivity index (χ1n) is 6.73. The number of aryl methyl sites for hydroxylation is 1. The van der Waals surface area contributed by atoms with Gasteiger partial charge in [-0.05, 0) is 30.3 Å². The van der Waals surface area contributed by atoms with Crippen LogP contribution in [0.3, 0.4) is 0 Å². The highest BCUT2D eigenvalue weighted by Crippen LogP contribution is 2.34. The quantitative estimate of drug-likeness (QED) is 0.771. The van der Waals surface area contributed by atoms with Gasteiger partial charge in [0.1, 0.15) is 5.52 Å². The Bertz CT molecular complexity index is 1010. The molecule has 0 fully saturated rings. The van der Waals surface area contributed by atoms with Gasteiger partial charge in [0.15, 0.2) is 11.5 Å². The number of fused-ring (bicyclic) bond motifs is 1. The zero-order valence-corrected chi connectivity index (χ0v) is 13.1. The number of oxazole rings is 1. The largest absolute Gasteiger partial charge is 0.441 e. The Labute approximate surface area is 135 Å². The molecule has 0 saturated heterocycles. The van der Waals surface area contributed by atoms with E-state index in [1.165, 1.54) is 24.3 Å². The summed E-state index contributed by atoms with van der Waals surface area (Å²) in [6.07, 6.45) is -4.78. The van der Waals surface area contributed by atoms with Gasteiger partial charge < -0.3 is 4.42 Å². The molecule has 1 N–H and O–H groups in total. The van der Waals surface area contributed by atoms with E-state index in [1.54, 1.807) is 6.92 Å². The topological polar surface area (TPSA) is 72.2 Å². The number of nitrogens with one attached hydrogen (secondary N) is 1. The summed E-state index contributed by atoms with van der Waals surface area (Å²) in [5.74, 6) is 0.396. The smallest absolute Gasteiger partial charge is 0.417 e. The molecule has 0 unspecified atom stereocenters. The normalized spacial score (nSPS) is 12.5. The maximum atomic E-state index is 13.0. The van der Waals surface area contributed by atoms with Gasteiger partial charge in [0.25, 0.3) is 10.0 Å². The summed E-state index contributed by atoms with van der Waals surface area (Å²) >= 11 is 0. The van der Waals surface area contributed by atoms with Crippen LogP contribution in [-0.2, 0) is 16.2 Å². The molecule has 3 aromatic rings. The van der Waals surface area contributed by atoms with Crippen LogP contribution < -0.4 is 4.72 Å². The summed E-state index contributed by atoms with van der Waals surface area (Å²) < 4.78 is 71.2. The van der Waals surface area contributed by atoms with Crippen molar-refractivity contribution in [3.63, 3.8) is 0 Å². The van der Waals surface area contributed by atoms with Crippen molar-refractivity contribution in [2.75, 3.05) is 4.72 Å². The van der Waals surface area contributed by atoms with Crippen LogP contribution in [-0.4, -0.2) is 13.4 Å². The molecule has 3 rings (SSSR count). The highest BCUT2D eigenvalue weighted by atomic mass is 32.2. The molecule has 0 aliphatic heterocycles. The van der Waals surface area contributed by atoms with Gasteiger partial charge in [-0.25, -0.2) is 13.4 Å². The summed E-state index contributed by atoms with van der Waals surface area (Å²) in [5.41, 5.74) is -0.286. The van der Waals surface area contributed by atoms with Crippen LogP contribution in [0.1, 0.15) is 11.5 Å². The van der Waals surface area contributed by atoms with Crippen molar-refractivity contribution >= 4 is 26.8 Å². The molecule has 2 aromatic carbocycles. The van der Waals surface area contributed by atoms with Crippen LogP contribution in [0.5, 0.6) is 0 Å². The minimum atomic E-state index is -4.78. The van der Waals surface area contributed by atoms with E-state index >= 15 is 0 Å². The van der Waals surface area contributed by atoms with Gasteiger partial charge in [0, 0.05) is 6.92 Å². The molecule has 0 saturated carbocycles. The minimum Gasteiger partial charge on any atom is -0.441 e. The molecule has 0 amide bonds. The maximum absolute atomic E-state index is 13.0. The Hall–Kier alpha value is -2.55. The molecule has 0 aliphatic carbocycles. The number of sulfonamides is 1. The fourth-order valence-corrected chi connectivity index (χ4v) is 3.53. The predicted molar refractivity (Wildman–Crippen MR) is 81.0 cm³/mol. The molecule has 0 bridgehead atoms. The number of halogens is 3. The highest BCUT2D eigenvalue weighted by Gasteiger charge is 2.36. The fraction of sp³-hybridized carbons (Fsp3) is 0.133. The molecule has 0 spiro atoms. The van der Waals surface area contributed by atoms with Gasteiger partial charge in [0.05, 0.1) is 16.1 Å². The number of benzene rings is 2. The molecule has 1 aromatic heterocycles. The first kappa shape index (κ1) is 16.3. The van der Waals surface area contributed by atoms with E-state index < -0.39 is 26.7 Å². The van der Waals surface area contributed by atoms with Gasteiger partial charge in [-0.15, -0.1) is 0 Å². The number of rotatable bonds is 3. The van der Waals surface area contributed by atoms with E-state index in [0.717, 1.165) is 18.2 Å². The number of hydrogen-bond acceptors (Lipinski definition) is 4. The lowest BCUT2D eigenvalue weighted by Crippen LogP contribution is -2.18. The third kappa shape index (κ3) is 3.07. The van der Waals surface area contributed by atoms with Gasteiger partial charge >= 0.3 is 6.18 Å². The van der Waals surface area contributed by atoms with E-state index in [0.29, 0.717) is 17.0 Å². The fourth-order valence-electron chi connectivity index (χ4n) is 2.25. The molecule has 0 aliphatic rings. The first-order valence-corrected chi connectivity index (χ1v) is 8.21. The van der Waals surface area contributed by atoms with Gasteiger partial charge in [-0.2, -0.15) is 13.2 Å². The van der Waals surface area contributed by atoms with Crippen LogP contribution in [0, 0.1) is 6.92 Å². The SMILES string of the molecule is Cc1nc2cc(NS(=O)(=O)c3ccccc3C(F)(F)F)ccc2o1. The van der Waals surface area contributed by atoms with E-state index in [-0.39, 0.29) is 5.69 Å². The number of nitrogens with zero attached hydrogens (tertiary/aromatic N) is 1. The molecular weight excluding hydrogens is 345 g/mol. The summed E-state index contributed by atoms with van der Waals surface area (Å²) in [4.78, 5) is 3.21. The Morgan fingerprint density at radius 3 is 2.54 bits per heavy atom. The van der Waals surface area contributed by atoms with E-state index in [1.807, 2.05) is 0 Å². The Kier molecular flexibility index (Phi) is 3.75. The Balaban J connectivity index is 2.02. The third-order valence-electron chi connectivity index (χ3n) is 3.23. The second-order valence-electron chi connectivity index (χ2n) is 5.01. The number of aromatic nitrogens is 1. The monoisotopic (exact) mass is 356 g/mol. The lowest BCUT2D eigenvalue weighted by molar-refractivity contribution is -0.139. The first-order chi connectivity index (χ1) is 11.2. The van der Waals surface area contributed by atoms with Crippen molar-refractivity contribution < 1.29 is 26.0 Å². The average molecular weight is 356 g/mol. The zero-order valence-electron chi connectivity index (χ0n) is 12.3. The number of alkyl halides is 3. The van der Waals surface area contributed by atoms with Crippen molar-refractivity contribution in [2.45, 2.75) is 18.0 Å². The number of anilines is 1. The van der Waals surface area contributed by atoms with Crippen molar-refractivity contribution in [2.24, 2.45) is 0 Å². The van der Waals surface area contributed by atoms with Gasteiger partial charge in [0.2, 0.25) is 0 Å². The molecule has 9 heteroatoms. The second kappa shape index (κ2) is 5.52. The van der Waals surface area contributed by atoms with Gasteiger partial charge in [-0.3, -0.25) is 4.72 Å². The Morgan fingerprint density at radius 2 is 1.83 bits per heavy atom. The van der Waals surface area contributed by atoms with Crippen LogP contribution in [0.15, 0.2) is 51.8 Å². The van der Waals surface area contributed by atoms with Crippen LogP contribution in [0.25, 0.3) is 11.1 Å². The van der Waals surface area contributed by atoms with Crippen molar-refractivity contribution in [3.05, 3.63) is 53.9 Å². The lowest BCUT2D eigenvalue weighted by Gasteiger charge is -2.14. The molecule has 1 heterocycles. The zero-order chi connectivity index (χ0) is 17.5. The van der Waals surface area contributed by atoms with E-state index in [2.05, 4.69) is 9.71 Å². The molecule has 0 radical (unpaired) electrons. The molecular formula is C15H11F3N2O3S. The van der Waals surface area contributed by atoms with Crippen LogP contribution >= 0.6 is 0 Å². The summed E-state index contributed by atoms with van der Waals surface area (Å²) in [5, 5.41) is 0. The second-order valence-corrected chi connectivity index (χ2v) is 6.67. The highest BCUT2D eigenvalue weighted by molar-refractivity contribution is 7.92. The maximum Gasteiger partial charge on any atom is 0.417 e. The van der Waals surface area contributed by atoms with Crippen molar-refractivity contribution in [1.29, 1.82) is 0 Å². The van der Waals surface area contributed by atoms with E-state index in [4.69, 9.17) is 4.42 Å². The summed E-state index contributed by atoms with van der Waals surface area (Å²) in [7, 11) is -4.42. The third-order valence-corrected chi connectivity index (χ3v) is 4.67.